The summed E-state index contributed by atoms with van der Waals surface area (Å²) in [6, 6.07) is 5.07. The Bertz CT molecular complexity index is 809. The van der Waals surface area contributed by atoms with Crippen molar-refractivity contribution >= 4 is 11.9 Å². The van der Waals surface area contributed by atoms with Gasteiger partial charge in [0.15, 0.2) is 0 Å². The van der Waals surface area contributed by atoms with Gasteiger partial charge in [-0.15, -0.1) is 0 Å². The third-order valence-electron chi connectivity index (χ3n) is 4.64. The van der Waals surface area contributed by atoms with E-state index < -0.39 is 0 Å². The monoisotopic (exact) mass is 340 g/mol. The molecule has 0 radical (unpaired) electrons. The normalized spacial score (nSPS) is 17.6. The van der Waals surface area contributed by atoms with Crippen molar-refractivity contribution in [3.63, 3.8) is 0 Å². The molecule has 1 saturated heterocycles. The molecule has 130 valence electrons. The second-order valence-corrected chi connectivity index (χ2v) is 6.44. The molecule has 0 spiro atoms. The van der Waals surface area contributed by atoms with Crippen LogP contribution in [0, 0.1) is 0 Å². The first kappa shape index (κ1) is 15.7. The SMILES string of the molecule is O=C(Cn1nc(C2CC2)ccc1=O)N1CCN(c2ncccn2)CC1. The van der Waals surface area contributed by atoms with Gasteiger partial charge in [-0.25, -0.2) is 14.6 Å². The zero-order valence-corrected chi connectivity index (χ0v) is 13.9. The quantitative estimate of drug-likeness (QED) is 0.794. The fourth-order valence-electron chi connectivity index (χ4n) is 3.01. The Balaban J connectivity index is 1.38. The first-order valence-electron chi connectivity index (χ1n) is 8.58. The molecule has 8 heteroatoms. The van der Waals surface area contributed by atoms with Gasteiger partial charge in [0, 0.05) is 50.6 Å². The van der Waals surface area contributed by atoms with Crippen LogP contribution in [0.5, 0.6) is 0 Å². The second-order valence-electron chi connectivity index (χ2n) is 6.44. The summed E-state index contributed by atoms with van der Waals surface area (Å²) >= 11 is 0. The summed E-state index contributed by atoms with van der Waals surface area (Å²) in [6.07, 6.45) is 5.65. The van der Waals surface area contributed by atoms with Crippen molar-refractivity contribution < 1.29 is 4.79 Å². The van der Waals surface area contributed by atoms with Crippen LogP contribution in [0.2, 0.25) is 0 Å². The minimum atomic E-state index is -0.228. The van der Waals surface area contributed by atoms with E-state index in [2.05, 4.69) is 20.0 Å². The predicted molar refractivity (Wildman–Crippen MR) is 91.3 cm³/mol. The lowest BCUT2D eigenvalue weighted by Gasteiger charge is -2.34. The fraction of sp³-hybridized carbons (Fsp3) is 0.471. The molecule has 1 amide bonds. The van der Waals surface area contributed by atoms with Gasteiger partial charge in [0.25, 0.3) is 5.56 Å². The summed E-state index contributed by atoms with van der Waals surface area (Å²) in [5, 5.41) is 4.36. The molecule has 8 nitrogen and oxygen atoms in total. The van der Waals surface area contributed by atoms with E-state index in [1.165, 1.54) is 10.7 Å². The third-order valence-corrected chi connectivity index (χ3v) is 4.64. The fourth-order valence-corrected chi connectivity index (χ4v) is 3.01. The Labute approximate surface area is 145 Å². The van der Waals surface area contributed by atoms with Gasteiger partial charge in [-0.1, -0.05) is 0 Å². The molecule has 25 heavy (non-hydrogen) atoms. The average Bonchev–Trinajstić information content (AvgIpc) is 3.49. The molecular weight excluding hydrogens is 320 g/mol. The summed E-state index contributed by atoms with van der Waals surface area (Å²) in [5.41, 5.74) is 0.688. The van der Waals surface area contributed by atoms with Crippen molar-refractivity contribution in [3.05, 3.63) is 46.6 Å². The van der Waals surface area contributed by atoms with Crippen molar-refractivity contribution in [2.45, 2.75) is 25.3 Å². The zero-order valence-electron chi connectivity index (χ0n) is 13.9. The Hall–Kier alpha value is -2.77. The molecule has 4 rings (SSSR count). The van der Waals surface area contributed by atoms with Gasteiger partial charge in [-0.05, 0) is 25.0 Å². The summed E-state index contributed by atoms with van der Waals surface area (Å²) in [6.45, 7) is 2.55. The molecule has 0 unspecified atom stereocenters. The van der Waals surface area contributed by atoms with Crippen LogP contribution in [0.1, 0.15) is 24.5 Å². The molecule has 3 heterocycles. The van der Waals surface area contributed by atoms with E-state index in [0.29, 0.717) is 38.0 Å². The predicted octanol–water partition coefficient (Wildman–Crippen LogP) is 0.259. The van der Waals surface area contributed by atoms with E-state index in [-0.39, 0.29) is 18.0 Å². The lowest BCUT2D eigenvalue weighted by Crippen LogP contribution is -2.50. The molecule has 1 saturated carbocycles. The molecular formula is C17H20N6O2. The highest BCUT2D eigenvalue weighted by Gasteiger charge is 2.27. The van der Waals surface area contributed by atoms with Crippen LogP contribution in [0.25, 0.3) is 0 Å². The molecule has 2 aromatic rings. The molecule has 1 aliphatic heterocycles. The minimum Gasteiger partial charge on any atom is -0.338 e. The number of nitrogens with zero attached hydrogens (tertiary/aromatic N) is 6. The number of carbonyl (C=O) groups excluding carboxylic acids is 1. The van der Waals surface area contributed by atoms with Gasteiger partial charge in [-0.3, -0.25) is 9.59 Å². The highest BCUT2D eigenvalue weighted by atomic mass is 16.2. The van der Waals surface area contributed by atoms with E-state index in [0.717, 1.165) is 18.5 Å². The number of piperazine rings is 1. The first-order chi connectivity index (χ1) is 12.2. The van der Waals surface area contributed by atoms with Gasteiger partial charge in [-0.2, -0.15) is 5.10 Å². The number of hydrogen-bond donors (Lipinski definition) is 0. The third kappa shape index (κ3) is 3.52. The van der Waals surface area contributed by atoms with Gasteiger partial charge in [0.05, 0.1) is 5.69 Å². The largest absolute Gasteiger partial charge is 0.338 e. The summed E-state index contributed by atoms with van der Waals surface area (Å²) in [7, 11) is 0. The Morgan fingerprint density at radius 1 is 1.08 bits per heavy atom. The van der Waals surface area contributed by atoms with E-state index in [9.17, 15) is 9.59 Å². The van der Waals surface area contributed by atoms with Gasteiger partial charge >= 0.3 is 0 Å². The van der Waals surface area contributed by atoms with Crippen LogP contribution in [-0.2, 0) is 11.3 Å². The summed E-state index contributed by atoms with van der Waals surface area (Å²) in [5.74, 6) is 1.07. The molecule has 2 aromatic heterocycles. The maximum atomic E-state index is 12.5. The van der Waals surface area contributed by atoms with E-state index in [1.807, 2.05) is 0 Å². The molecule has 0 atom stereocenters. The van der Waals surface area contributed by atoms with Crippen LogP contribution >= 0.6 is 0 Å². The maximum absolute atomic E-state index is 12.5. The van der Waals surface area contributed by atoms with Crippen molar-refractivity contribution in [2.75, 3.05) is 31.1 Å². The molecule has 2 aliphatic rings. The van der Waals surface area contributed by atoms with E-state index >= 15 is 0 Å². The number of carbonyl (C=O) groups is 1. The van der Waals surface area contributed by atoms with Gasteiger partial charge in [0.1, 0.15) is 6.54 Å². The summed E-state index contributed by atoms with van der Waals surface area (Å²) < 4.78 is 1.29. The second kappa shape index (κ2) is 6.62. The standard InChI is InChI=1S/C17H20N6O2/c24-15-5-4-14(13-2-3-13)20-23(15)12-16(25)21-8-10-22(11-9-21)17-18-6-1-7-19-17/h1,4-7,13H,2-3,8-12H2. The van der Waals surface area contributed by atoms with Crippen LogP contribution in [0.15, 0.2) is 35.4 Å². The number of aromatic nitrogens is 4. The zero-order chi connectivity index (χ0) is 17.2. The first-order valence-corrected chi connectivity index (χ1v) is 8.58. The average molecular weight is 340 g/mol. The van der Waals surface area contributed by atoms with E-state index in [1.54, 1.807) is 29.4 Å². The van der Waals surface area contributed by atoms with Gasteiger partial charge < -0.3 is 9.80 Å². The number of hydrogen-bond acceptors (Lipinski definition) is 6. The van der Waals surface area contributed by atoms with Crippen molar-refractivity contribution in [2.24, 2.45) is 0 Å². The molecule has 0 N–H and O–H groups in total. The van der Waals surface area contributed by atoms with Gasteiger partial charge in [0.2, 0.25) is 11.9 Å². The minimum absolute atomic E-state index is 0.00122. The number of amides is 1. The van der Waals surface area contributed by atoms with E-state index in [4.69, 9.17) is 0 Å². The summed E-state index contributed by atoms with van der Waals surface area (Å²) in [4.78, 5) is 36.8. The molecule has 1 aliphatic carbocycles. The van der Waals surface area contributed by atoms with Crippen LogP contribution in [-0.4, -0.2) is 56.7 Å². The number of anilines is 1. The lowest BCUT2D eigenvalue weighted by atomic mass is 10.3. The van der Waals surface area contributed by atoms with Crippen molar-refractivity contribution in [1.29, 1.82) is 0 Å². The van der Waals surface area contributed by atoms with Crippen molar-refractivity contribution in [3.8, 4) is 0 Å². The van der Waals surface area contributed by atoms with Crippen LogP contribution in [0.4, 0.5) is 5.95 Å². The number of rotatable bonds is 4. The lowest BCUT2D eigenvalue weighted by molar-refractivity contribution is -0.132. The van der Waals surface area contributed by atoms with Crippen LogP contribution < -0.4 is 10.5 Å². The topological polar surface area (TPSA) is 84.2 Å². The maximum Gasteiger partial charge on any atom is 0.267 e. The smallest absolute Gasteiger partial charge is 0.267 e. The molecule has 2 fully saturated rings. The molecule has 0 aromatic carbocycles. The highest BCUT2D eigenvalue weighted by molar-refractivity contribution is 5.76. The highest BCUT2D eigenvalue weighted by Crippen LogP contribution is 2.38. The Kier molecular flexibility index (Phi) is 4.17. The van der Waals surface area contributed by atoms with Crippen molar-refractivity contribution in [1.82, 2.24) is 24.6 Å². The molecule has 0 bridgehead atoms. The Morgan fingerprint density at radius 3 is 2.48 bits per heavy atom. The van der Waals surface area contributed by atoms with Crippen LogP contribution in [0.3, 0.4) is 0 Å². The Morgan fingerprint density at radius 2 is 1.80 bits per heavy atom.